The lowest BCUT2D eigenvalue weighted by atomic mass is 9.74. The minimum Gasteiger partial charge on any atom is -0.393 e. The van der Waals surface area contributed by atoms with Crippen molar-refractivity contribution < 1.29 is 9.72 Å². The van der Waals surface area contributed by atoms with Gasteiger partial charge in [-0.3, -0.25) is 14.9 Å². The van der Waals surface area contributed by atoms with E-state index in [-0.39, 0.29) is 28.4 Å². The van der Waals surface area contributed by atoms with Crippen molar-refractivity contribution in [1.82, 2.24) is 5.32 Å². The molecule has 2 rings (SSSR count). The highest BCUT2D eigenvalue weighted by atomic mass is 16.6. The minimum atomic E-state index is -0.578. The summed E-state index contributed by atoms with van der Waals surface area (Å²) < 4.78 is 0. The smallest absolute Gasteiger partial charge is 0.292 e. The average Bonchev–Trinajstić information content (AvgIpc) is 2.33. The van der Waals surface area contributed by atoms with Gasteiger partial charge in [0, 0.05) is 17.2 Å². The predicted octanol–water partition coefficient (Wildman–Crippen LogP) is 2.24. The lowest BCUT2D eigenvalue weighted by molar-refractivity contribution is -0.383. The Hall–Kier alpha value is -2.11. The number of nitro benzene ring substituents is 1. The van der Waals surface area contributed by atoms with Crippen molar-refractivity contribution in [2.45, 2.75) is 38.1 Å². The van der Waals surface area contributed by atoms with Crippen LogP contribution < -0.4 is 11.1 Å². The number of nitrogens with one attached hydrogen (secondary N) is 1. The summed E-state index contributed by atoms with van der Waals surface area (Å²) in [5.41, 5.74) is 5.49. The largest absolute Gasteiger partial charge is 0.393 e. The van der Waals surface area contributed by atoms with E-state index in [0.717, 1.165) is 25.7 Å². The van der Waals surface area contributed by atoms with Gasteiger partial charge in [0.2, 0.25) is 0 Å². The molecule has 102 valence electrons. The van der Waals surface area contributed by atoms with Crippen LogP contribution in [0.4, 0.5) is 11.4 Å². The zero-order valence-electron chi connectivity index (χ0n) is 10.8. The van der Waals surface area contributed by atoms with Crippen molar-refractivity contribution in [3.05, 3.63) is 33.9 Å². The number of nitrogens with zero attached hydrogens (tertiary/aromatic N) is 1. The van der Waals surface area contributed by atoms with Gasteiger partial charge in [-0.15, -0.1) is 0 Å². The minimum absolute atomic E-state index is 0.0652. The Kier molecular flexibility index (Phi) is 3.42. The predicted molar refractivity (Wildman–Crippen MR) is 71.8 cm³/mol. The molecule has 1 amide bonds. The van der Waals surface area contributed by atoms with Gasteiger partial charge in [0.05, 0.1) is 4.92 Å². The zero-order chi connectivity index (χ0) is 14.0. The summed E-state index contributed by atoms with van der Waals surface area (Å²) in [5, 5.41) is 13.8. The van der Waals surface area contributed by atoms with Gasteiger partial charge < -0.3 is 11.1 Å². The third-order valence-electron chi connectivity index (χ3n) is 3.86. The van der Waals surface area contributed by atoms with E-state index in [1.165, 1.54) is 18.2 Å². The molecule has 1 fully saturated rings. The number of carbonyl (C=O) groups is 1. The highest BCUT2D eigenvalue weighted by Gasteiger charge is 2.36. The Bertz CT molecular complexity index is 518. The van der Waals surface area contributed by atoms with Gasteiger partial charge in [-0.2, -0.15) is 0 Å². The Balaban J connectivity index is 2.20. The van der Waals surface area contributed by atoms with Gasteiger partial charge >= 0.3 is 0 Å². The highest BCUT2D eigenvalue weighted by molar-refractivity contribution is 5.96. The molecule has 1 aliphatic carbocycles. The number of rotatable bonds is 4. The van der Waals surface area contributed by atoms with Gasteiger partial charge in [0.1, 0.15) is 5.69 Å². The number of amides is 1. The summed E-state index contributed by atoms with van der Waals surface area (Å²) in [6, 6.07) is 4.14. The van der Waals surface area contributed by atoms with Gasteiger partial charge in [0.25, 0.3) is 11.6 Å². The molecular formula is C13H17N3O3. The van der Waals surface area contributed by atoms with Crippen molar-refractivity contribution in [1.29, 1.82) is 0 Å². The first kappa shape index (κ1) is 13.3. The van der Waals surface area contributed by atoms with Crippen molar-refractivity contribution in [3.8, 4) is 0 Å². The molecule has 6 heteroatoms. The maximum Gasteiger partial charge on any atom is 0.292 e. The van der Waals surface area contributed by atoms with Crippen LogP contribution in [0.1, 0.15) is 43.0 Å². The number of anilines is 1. The molecule has 1 aromatic carbocycles. The van der Waals surface area contributed by atoms with Crippen LogP contribution in [0, 0.1) is 10.1 Å². The van der Waals surface area contributed by atoms with Crippen LogP contribution in [-0.2, 0) is 0 Å². The second-order valence-electron chi connectivity index (χ2n) is 4.97. The summed E-state index contributed by atoms with van der Waals surface area (Å²) in [6.07, 6.45) is 3.91. The van der Waals surface area contributed by atoms with Gasteiger partial charge in [-0.1, -0.05) is 6.92 Å². The van der Waals surface area contributed by atoms with Crippen LogP contribution in [0.25, 0.3) is 0 Å². The Morgan fingerprint density at radius 1 is 1.53 bits per heavy atom. The number of hydrogen-bond acceptors (Lipinski definition) is 4. The summed E-state index contributed by atoms with van der Waals surface area (Å²) in [7, 11) is 0. The van der Waals surface area contributed by atoms with Crippen molar-refractivity contribution in [2.75, 3.05) is 5.73 Å². The van der Waals surface area contributed by atoms with E-state index in [2.05, 4.69) is 5.32 Å². The van der Waals surface area contributed by atoms with E-state index in [0.29, 0.717) is 0 Å². The fraction of sp³-hybridized carbons (Fsp3) is 0.462. The van der Waals surface area contributed by atoms with Crippen LogP contribution in [0.2, 0.25) is 0 Å². The molecular weight excluding hydrogens is 246 g/mol. The monoisotopic (exact) mass is 263 g/mol. The Labute approximate surface area is 111 Å². The standard InChI is InChI=1S/C13H17N3O3/c1-2-13(6-3-7-13)15-12(17)9-4-5-10(14)11(8-9)16(18)19/h4-5,8H,2-3,6-7,14H2,1H3,(H,15,17). The number of nitrogen functional groups attached to an aromatic ring is 1. The topological polar surface area (TPSA) is 98.3 Å². The second-order valence-corrected chi connectivity index (χ2v) is 4.97. The van der Waals surface area contributed by atoms with E-state index in [9.17, 15) is 14.9 Å². The van der Waals surface area contributed by atoms with Crippen LogP contribution in [0.15, 0.2) is 18.2 Å². The molecule has 0 bridgehead atoms. The van der Waals surface area contributed by atoms with E-state index < -0.39 is 4.92 Å². The molecule has 0 heterocycles. The molecule has 1 aliphatic rings. The molecule has 6 nitrogen and oxygen atoms in total. The van der Waals surface area contributed by atoms with E-state index >= 15 is 0 Å². The third kappa shape index (κ3) is 2.52. The maximum absolute atomic E-state index is 12.1. The summed E-state index contributed by atoms with van der Waals surface area (Å²) in [4.78, 5) is 22.3. The number of hydrogen-bond donors (Lipinski definition) is 2. The Morgan fingerprint density at radius 3 is 2.68 bits per heavy atom. The average molecular weight is 263 g/mol. The Morgan fingerprint density at radius 2 is 2.21 bits per heavy atom. The van der Waals surface area contributed by atoms with E-state index in [4.69, 9.17) is 5.73 Å². The lowest BCUT2D eigenvalue weighted by Crippen LogP contribution is -2.52. The van der Waals surface area contributed by atoms with Crippen LogP contribution in [0.5, 0.6) is 0 Å². The molecule has 0 spiro atoms. The van der Waals surface area contributed by atoms with Crippen molar-refractivity contribution >= 4 is 17.3 Å². The molecule has 0 unspecified atom stereocenters. The SMILES string of the molecule is CCC1(NC(=O)c2ccc(N)c([N+](=O)[O-])c2)CCC1. The molecule has 0 aliphatic heterocycles. The zero-order valence-corrected chi connectivity index (χ0v) is 10.8. The molecule has 0 atom stereocenters. The fourth-order valence-electron chi connectivity index (χ4n) is 2.33. The molecule has 0 aromatic heterocycles. The summed E-state index contributed by atoms with van der Waals surface area (Å²) in [5.74, 6) is -0.273. The number of nitrogens with two attached hydrogens (primary N) is 1. The molecule has 3 N–H and O–H groups in total. The molecule has 1 aromatic rings. The first-order valence-electron chi connectivity index (χ1n) is 6.34. The fourth-order valence-corrected chi connectivity index (χ4v) is 2.33. The lowest BCUT2D eigenvalue weighted by Gasteiger charge is -2.42. The number of nitro groups is 1. The van der Waals surface area contributed by atoms with Crippen molar-refractivity contribution in [3.63, 3.8) is 0 Å². The maximum atomic E-state index is 12.1. The molecule has 0 saturated heterocycles. The first-order chi connectivity index (χ1) is 8.97. The van der Waals surface area contributed by atoms with E-state index in [1.807, 2.05) is 6.92 Å². The quantitative estimate of drug-likeness (QED) is 0.494. The second kappa shape index (κ2) is 4.87. The molecule has 1 saturated carbocycles. The van der Waals surface area contributed by atoms with Gasteiger partial charge in [-0.25, -0.2) is 0 Å². The third-order valence-corrected chi connectivity index (χ3v) is 3.86. The highest BCUT2D eigenvalue weighted by Crippen LogP contribution is 2.35. The normalized spacial score (nSPS) is 16.5. The summed E-state index contributed by atoms with van der Waals surface area (Å²) in [6.45, 7) is 2.03. The summed E-state index contributed by atoms with van der Waals surface area (Å²) >= 11 is 0. The number of carbonyl (C=O) groups excluding carboxylic acids is 1. The first-order valence-corrected chi connectivity index (χ1v) is 6.34. The molecule has 19 heavy (non-hydrogen) atoms. The molecule has 0 radical (unpaired) electrons. The van der Waals surface area contributed by atoms with Crippen LogP contribution in [0.3, 0.4) is 0 Å². The van der Waals surface area contributed by atoms with Crippen molar-refractivity contribution in [2.24, 2.45) is 0 Å². The van der Waals surface area contributed by atoms with Crippen LogP contribution >= 0.6 is 0 Å². The number of benzene rings is 1. The van der Waals surface area contributed by atoms with Gasteiger partial charge in [-0.05, 0) is 37.8 Å². The van der Waals surface area contributed by atoms with E-state index in [1.54, 1.807) is 0 Å². The van der Waals surface area contributed by atoms with Gasteiger partial charge in [0.15, 0.2) is 0 Å². The van der Waals surface area contributed by atoms with Crippen LogP contribution in [-0.4, -0.2) is 16.4 Å².